The van der Waals surface area contributed by atoms with E-state index in [2.05, 4.69) is 5.32 Å². The minimum Gasteiger partial charge on any atom is -0.369 e. The van der Waals surface area contributed by atoms with Crippen LogP contribution in [0.25, 0.3) is 0 Å². The van der Waals surface area contributed by atoms with Crippen LogP contribution >= 0.6 is 12.4 Å². The smallest absolute Gasteiger partial charge is 0.222 e. The molecule has 1 amide bonds. The molecule has 0 aliphatic carbocycles. The quantitative estimate of drug-likeness (QED) is 0.562. The van der Waals surface area contributed by atoms with Gasteiger partial charge in [0.2, 0.25) is 5.91 Å². The maximum atomic E-state index is 10.6. The predicted molar refractivity (Wildman–Crippen MR) is 42.0 cm³/mol. The second-order valence-corrected chi connectivity index (χ2v) is 2.64. The van der Waals surface area contributed by atoms with Gasteiger partial charge in [0, 0.05) is 6.54 Å². The van der Waals surface area contributed by atoms with Crippen LogP contribution in [0, 0.1) is 11.8 Å². The number of nitrogens with one attached hydrogen (secondary N) is 1. The van der Waals surface area contributed by atoms with E-state index >= 15 is 0 Å². The van der Waals surface area contributed by atoms with Crippen LogP contribution < -0.4 is 11.1 Å². The Morgan fingerprint density at radius 3 is 2.40 bits per heavy atom. The predicted octanol–water partition coefficient (Wildman–Crippen LogP) is -0.251. The second kappa shape index (κ2) is 3.78. The maximum Gasteiger partial charge on any atom is 0.222 e. The summed E-state index contributed by atoms with van der Waals surface area (Å²) in [5.74, 6) is 0.306. The van der Waals surface area contributed by atoms with Crippen molar-refractivity contribution in [2.24, 2.45) is 17.6 Å². The van der Waals surface area contributed by atoms with Crippen molar-refractivity contribution in [3.63, 3.8) is 0 Å². The highest BCUT2D eigenvalue weighted by Gasteiger charge is 2.27. The van der Waals surface area contributed by atoms with Crippen LogP contribution in [0.5, 0.6) is 0 Å². The lowest BCUT2D eigenvalue weighted by Gasteiger charge is -2.07. The fourth-order valence-electron chi connectivity index (χ4n) is 1.19. The van der Waals surface area contributed by atoms with Gasteiger partial charge in [0.15, 0.2) is 0 Å². The summed E-state index contributed by atoms with van der Waals surface area (Å²) in [5, 5.41) is 3.10. The Bertz CT molecular complexity index is 129. The number of halogens is 1. The molecule has 0 unspecified atom stereocenters. The summed E-state index contributed by atoms with van der Waals surface area (Å²) in [7, 11) is 0. The van der Waals surface area contributed by atoms with Crippen molar-refractivity contribution in [2.45, 2.75) is 6.92 Å². The Morgan fingerprint density at radius 1 is 1.60 bits per heavy atom. The monoisotopic (exact) mass is 164 g/mol. The first-order valence-electron chi connectivity index (χ1n) is 3.22. The normalized spacial score (nSPS) is 31.3. The van der Waals surface area contributed by atoms with Gasteiger partial charge in [-0.05, 0) is 12.5 Å². The van der Waals surface area contributed by atoms with Crippen molar-refractivity contribution in [1.82, 2.24) is 5.32 Å². The van der Waals surface area contributed by atoms with Crippen LogP contribution in [-0.4, -0.2) is 19.0 Å². The van der Waals surface area contributed by atoms with Crippen molar-refractivity contribution in [3.05, 3.63) is 0 Å². The van der Waals surface area contributed by atoms with Crippen molar-refractivity contribution < 1.29 is 4.79 Å². The average Bonchev–Trinajstić information content (AvgIpc) is 2.13. The number of carbonyl (C=O) groups excluding carboxylic acids is 1. The van der Waals surface area contributed by atoms with E-state index in [-0.39, 0.29) is 24.2 Å². The van der Waals surface area contributed by atoms with Gasteiger partial charge in [-0.2, -0.15) is 0 Å². The molecule has 2 atom stereocenters. The zero-order chi connectivity index (χ0) is 6.85. The van der Waals surface area contributed by atoms with E-state index in [0.717, 1.165) is 13.1 Å². The van der Waals surface area contributed by atoms with Gasteiger partial charge in [0.25, 0.3) is 0 Å². The molecular weight excluding hydrogens is 152 g/mol. The molecular formula is C6H13ClN2O. The Kier molecular flexibility index (Phi) is 3.68. The molecule has 0 bridgehead atoms. The first-order valence-corrected chi connectivity index (χ1v) is 3.22. The lowest BCUT2D eigenvalue weighted by atomic mass is 9.98. The van der Waals surface area contributed by atoms with E-state index < -0.39 is 0 Å². The molecule has 0 aromatic heterocycles. The molecule has 10 heavy (non-hydrogen) atoms. The topological polar surface area (TPSA) is 55.1 Å². The van der Waals surface area contributed by atoms with Crippen LogP contribution in [0.2, 0.25) is 0 Å². The number of primary amides is 1. The van der Waals surface area contributed by atoms with Gasteiger partial charge < -0.3 is 11.1 Å². The Hall–Kier alpha value is -0.280. The van der Waals surface area contributed by atoms with Gasteiger partial charge in [0.1, 0.15) is 0 Å². The fraction of sp³-hybridized carbons (Fsp3) is 0.833. The van der Waals surface area contributed by atoms with Gasteiger partial charge in [-0.1, -0.05) is 6.92 Å². The second-order valence-electron chi connectivity index (χ2n) is 2.64. The van der Waals surface area contributed by atoms with E-state index in [9.17, 15) is 4.79 Å². The highest BCUT2D eigenvalue weighted by Crippen LogP contribution is 2.14. The summed E-state index contributed by atoms with van der Waals surface area (Å²) < 4.78 is 0. The first kappa shape index (κ1) is 9.72. The highest BCUT2D eigenvalue weighted by atomic mass is 35.5. The number of carbonyl (C=O) groups is 1. The number of nitrogens with two attached hydrogens (primary N) is 1. The van der Waals surface area contributed by atoms with Gasteiger partial charge >= 0.3 is 0 Å². The Balaban J connectivity index is 0.000000810. The lowest BCUT2D eigenvalue weighted by Crippen LogP contribution is -2.28. The maximum absolute atomic E-state index is 10.6. The summed E-state index contributed by atoms with van der Waals surface area (Å²) in [5.41, 5.74) is 5.11. The van der Waals surface area contributed by atoms with E-state index in [4.69, 9.17) is 5.73 Å². The number of amides is 1. The highest BCUT2D eigenvalue weighted by molar-refractivity contribution is 5.85. The van der Waals surface area contributed by atoms with Gasteiger partial charge in [-0.25, -0.2) is 0 Å². The summed E-state index contributed by atoms with van der Waals surface area (Å²) in [6.45, 7) is 3.72. The Labute approximate surface area is 66.8 Å². The Morgan fingerprint density at radius 2 is 2.20 bits per heavy atom. The first-order chi connectivity index (χ1) is 4.22. The van der Waals surface area contributed by atoms with E-state index in [0.29, 0.717) is 5.92 Å². The van der Waals surface area contributed by atoms with Crippen LogP contribution in [0.1, 0.15) is 6.92 Å². The number of hydrogen-bond acceptors (Lipinski definition) is 2. The van der Waals surface area contributed by atoms with E-state index in [1.54, 1.807) is 0 Å². The molecule has 1 fully saturated rings. The SMILES string of the molecule is C[C@@H]1CNC[C@H]1C(N)=O.Cl. The lowest BCUT2D eigenvalue weighted by molar-refractivity contribution is -0.122. The van der Waals surface area contributed by atoms with Crippen molar-refractivity contribution in [3.8, 4) is 0 Å². The summed E-state index contributed by atoms with van der Waals surface area (Å²) in [4.78, 5) is 10.6. The third-order valence-electron chi connectivity index (χ3n) is 1.88. The molecule has 1 aliphatic heterocycles. The van der Waals surface area contributed by atoms with E-state index in [1.165, 1.54) is 0 Å². The molecule has 1 rings (SSSR count). The zero-order valence-electron chi connectivity index (χ0n) is 5.96. The van der Waals surface area contributed by atoms with Crippen molar-refractivity contribution in [2.75, 3.05) is 13.1 Å². The van der Waals surface area contributed by atoms with E-state index in [1.807, 2.05) is 6.92 Å². The summed E-state index contributed by atoms with van der Waals surface area (Å²) >= 11 is 0. The molecule has 0 radical (unpaired) electrons. The molecule has 60 valence electrons. The molecule has 4 heteroatoms. The van der Waals surface area contributed by atoms with Crippen LogP contribution in [-0.2, 0) is 4.79 Å². The minimum atomic E-state index is -0.174. The molecule has 1 saturated heterocycles. The van der Waals surface area contributed by atoms with Crippen LogP contribution in [0.4, 0.5) is 0 Å². The zero-order valence-corrected chi connectivity index (χ0v) is 6.78. The molecule has 0 spiro atoms. The molecule has 3 nitrogen and oxygen atoms in total. The molecule has 0 aromatic rings. The standard InChI is InChI=1S/C6H12N2O.ClH/c1-4-2-8-3-5(4)6(7)9;/h4-5,8H,2-3H2,1H3,(H2,7,9);1H/t4-,5-;/m1./s1. The molecule has 1 aliphatic rings. The largest absolute Gasteiger partial charge is 0.369 e. The fourth-order valence-corrected chi connectivity index (χ4v) is 1.19. The third-order valence-corrected chi connectivity index (χ3v) is 1.88. The average molecular weight is 165 g/mol. The molecule has 3 N–H and O–H groups in total. The van der Waals surface area contributed by atoms with Crippen LogP contribution in [0.3, 0.4) is 0 Å². The van der Waals surface area contributed by atoms with Crippen molar-refractivity contribution in [1.29, 1.82) is 0 Å². The molecule has 0 aromatic carbocycles. The molecule has 0 saturated carbocycles. The number of hydrogen-bond donors (Lipinski definition) is 2. The van der Waals surface area contributed by atoms with Gasteiger partial charge in [-0.3, -0.25) is 4.79 Å². The van der Waals surface area contributed by atoms with Crippen molar-refractivity contribution >= 4 is 18.3 Å². The summed E-state index contributed by atoms with van der Waals surface area (Å²) in [6.07, 6.45) is 0. The van der Waals surface area contributed by atoms with Gasteiger partial charge in [-0.15, -0.1) is 12.4 Å². The summed E-state index contributed by atoms with van der Waals surface area (Å²) in [6, 6.07) is 0. The van der Waals surface area contributed by atoms with Gasteiger partial charge in [0.05, 0.1) is 5.92 Å². The third kappa shape index (κ3) is 1.85. The van der Waals surface area contributed by atoms with Crippen LogP contribution in [0.15, 0.2) is 0 Å². The minimum absolute atomic E-state index is 0. The number of rotatable bonds is 1. The molecule has 1 heterocycles.